The standard InChI is InChI=1S/C82H124N8O20/c1-16-54(7)72-76(97)86-60(13)81(102)110-74(55(8)17-2)58(11)66(36-31-56(9)80(101)108-67(47-52(3)4)75(96)85-59(12)78(99)89(15)64(49-62-27-20-18-21-28-62)79(100)88(14)50-68(92)87-72)109-82(103)84-38-26-42-105-44-46-106-45-43-104-41-25-23-30-70(94)107-51-63-34-32-61(33-35-63)37-39-83-71(53(5)6)73(95)65(91)29-22-19-24-40-90-69(93)48-57(10)77(90)98/h17-18,20-21,27-28,31-35,52-54,57-60,64,66-67,71-72,74,83H,16,19,22-26,29-30,36-51H2,1-15H3,(H,84,103)(H,85,96)(H,86,97)(H,87,92)/b55-17+,56-31+/t54?,57?,58-,59-,60+,64+,66-,67+,71-,72-,74+/m0/s1. The summed E-state index contributed by atoms with van der Waals surface area (Å²) in [6, 6.07) is 11.2. The fraction of sp³-hybridized carbons (Fsp3) is 0.646. The van der Waals surface area contributed by atoms with Crippen molar-refractivity contribution in [2.45, 2.75) is 235 Å². The molecule has 0 aromatic heterocycles. The van der Waals surface area contributed by atoms with Gasteiger partial charge in [0.25, 0.3) is 5.91 Å². The van der Waals surface area contributed by atoms with Crippen molar-refractivity contribution in [3.05, 3.63) is 94.6 Å². The highest BCUT2D eigenvalue weighted by Crippen LogP contribution is 2.27. The zero-order chi connectivity index (χ0) is 81.6. The summed E-state index contributed by atoms with van der Waals surface area (Å²) in [5.74, 6) is -8.37. The van der Waals surface area contributed by atoms with Gasteiger partial charge in [-0.05, 0) is 126 Å². The van der Waals surface area contributed by atoms with Crippen molar-refractivity contribution in [1.82, 2.24) is 41.3 Å². The molecule has 4 rings (SSSR count). The molecule has 0 aliphatic carbocycles. The van der Waals surface area contributed by atoms with Crippen molar-refractivity contribution in [2.24, 2.45) is 29.6 Å². The predicted molar refractivity (Wildman–Crippen MR) is 412 cm³/mol. The van der Waals surface area contributed by atoms with Crippen LogP contribution >= 0.6 is 0 Å². The minimum Gasteiger partial charge on any atom is -0.461 e. The Balaban J connectivity index is 1.24. The van der Waals surface area contributed by atoms with Gasteiger partial charge >= 0.3 is 24.0 Å². The van der Waals surface area contributed by atoms with Gasteiger partial charge in [0.15, 0.2) is 11.9 Å². The molecule has 110 heavy (non-hydrogen) atoms. The summed E-state index contributed by atoms with van der Waals surface area (Å²) in [5.41, 5.74) is 3.18. The Labute approximate surface area is 650 Å². The van der Waals surface area contributed by atoms with Crippen molar-refractivity contribution >= 4 is 76.9 Å². The SMILES string of the molecule is C/C=C(\C)[C@H]1OC(=O)[C@@H](C)NC(=O)[C@H](C(C)CC)NC(=O)CN(C)C(=O)[C@@H](Cc2ccccc2)N(C)C(=O)[C@H](C)NC(=O)[C@@H](CC(C)C)OC(=O)/C(C)=C/C[C@H](OC(=O)NCCCOCCOCCOCCCCC(=O)OCc2ccc(CCN[C@H](C(=O)C(=O)CCCCCN3C(=O)CC(C)C3=O)C(C)C)cc2)[C@@H]1C. The van der Waals surface area contributed by atoms with Crippen molar-refractivity contribution in [2.75, 3.05) is 79.9 Å². The van der Waals surface area contributed by atoms with E-state index in [0.29, 0.717) is 95.4 Å². The fourth-order valence-corrected chi connectivity index (χ4v) is 12.4. The Morgan fingerprint density at radius 3 is 1.94 bits per heavy atom. The molecule has 2 heterocycles. The summed E-state index contributed by atoms with van der Waals surface area (Å²) < 4.78 is 40.6. The van der Waals surface area contributed by atoms with Gasteiger partial charge in [-0.15, -0.1) is 0 Å². The van der Waals surface area contributed by atoms with Crippen LogP contribution < -0.4 is 26.6 Å². The van der Waals surface area contributed by atoms with Gasteiger partial charge in [-0.3, -0.25) is 52.8 Å². The highest BCUT2D eigenvalue weighted by atomic mass is 16.6. The van der Waals surface area contributed by atoms with E-state index in [-0.39, 0.29) is 113 Å². The Morgan fingerprint density at radius 2 is 1.32 bits per heavy atom. The van der Waals surface area contributed by atoms with E-state index in [4.69, 9.17) is 33.2 Å². The number of Topliss-reactive ketones (excluding diaryl/α,β-unsaturated/α-hetero) is 2. The highest BCUT2D eigenvalue weighted by molar-refractivity contribution is 6.39. The lowest BCUT2D eigenvalue weighted by Crippen LogP contribution is -2.57. The molecule has 0 bridgehead atoms. The molecule has 11 atom stereocenters. The van der Waals surface area contributed by atoms with Crippen LogP contribution in [-0.2, 0) is 110 Å². The van der Waals surface area contributed by atoms with Crippen LogP contribution in [0.2, 0.25) is 0 Å². The zero-order valence-electron chi connectivity index (χ0n) is 67.5. The van der Waals surface area contributed by atoms with E-state index < -0.39 is 126 Å². The normalized spacial score (nSPS) is 22.5. The first-order valence-corrected chi connectivity index (χ1v) is 39.0. The number of rotatable bonds is 38. The average molecular weight is 1540 g/mol. The summed E-state index contributed by atoms with van der Waals surface area (Å²) in [6.07, 6.45) is 3.94. The number of likely N-dealkylation sites (N-methyl/N-ethyl adjacent to an activating group) is 2. The molecule has 28 heteroatoms. The zero-order valence-corrected chi connectivity index (χ0v) is 67.5. The molecule has 2 unspecified atom stereocenters. The van der Waals surface area contributed by atoms with E-state index in [9.17, 15) is 62.3 Å². The Hall–Kier alpha value is -8.73. The van der Waals surface area contributed by atoms with Crippen LogP contribution in [0.1, 0.15) is 184 Å². The number of nitrogens with one attached hydrogen (secondary N) is 5. The molecular weight excluding hydrogens is 1420 g/mol. The first kappa shape index (κ1) is 93.6. The molecule has 8 amide bonds. The maximum absolute atomic E-state index is 14.4. The van der Waals surface area contributed by atoms with Crippen molar-refractivity contribution in [3.8, 4) is 0 Å². The molecule has 612 valence electrons. The van der Waals surface area contributed by atoms with E-state index in [1.807, 2.05) is 58.9 Å². The monoisotopic (exact) mass is 1540 g/mol. The van der Waals surface area contributed by atoms with Gasteiger partial charge in [0.1, 0.15) is 43.0 Å². The molecule has 2 aromatic carbocycles. The summed E-state index contributed by atoms with van der Waals surface area (Å²) in [5, 5.41) is 14.1. The molecule has 1 fully saturated rings. The molecule has 5 N–H and O–H groups in total. The second-order valence-corrected chi connectivity index (χ2v) is 29.6. The number of benzene rings is 2. The minimum atomic E-state index is -1.36. The number of cyclic esters (lactones) is 2. The number of amides is 8. The summed E-state index contributed by atoms with van der Waals surface area (Å²) in [6.45, 7) is 24.8. The van der Waals surface area contributed by atoms with Crippen LogP contribution in [0.3, 0.4) is 0 Å². The number of carbonyl (C=O) groups excluding carboxylic acids is 13. The van der Waals surface area contributed by atoms with Crippen LogP contribution in [0.5, 0.6) is 0 Å². The number of carbonyl (C=O) groups is 13. The van der Waals surface area contributed by atoms with Crippen molar-refractivity contribution < 1.29 is 95.5 Å². The molecule has 0 spiro atoms. The first-order valence-electron chi connectivity index (χ1n) is 39.0. The molecule has 0 radical (unpaired) electrons. The molecule has 2 aromatic rings. The highest BCUT2D eigenvalue weighted by Gasteiger charge is 2.39. The van der Waals surface area contributed by atoms with Crippen LogP contribution in [0.4, 0.5) is 4.79 Å². The number of nitrogens with zero attached hydrogens (tertiary/aromatic N) is 3. The molecule has 0 saturated carbocycles. The molecule has 1 saturated heterocycles. The van der Waals surface area contributed by atoms with Gasteiger partial charge in [-0.2, -0.15) is 0 Å². The molecule has 2 aliphatic heterocycles. The summed E-state index contributed by atoms with van der Waals surface area (Å²) in [4.78, 5) is 179. The van der Waals surface area contributed by atoms with E-state index >= 15 is 0 Å². The minimum absolute atomic E-state index is 0.0421. The fourth-order valence-electron chi connectivity index (χ4n) is 12.4. The third kappa shape index (κ3) is 32.7. The van der Waals surface area contributed by atoms with E-state index in [1.165, 1.54) is 50.7 Å². The van der Waals surface area contributed by atoms with E-state index in [2.05, 4.69) is 26.6 Å². The third-order valence-corrected chi connectivity index (χ3v) is 19.6. The van der Waals surface area contributed by atoms with E-state index in [1.54, 1.807) is 71.0 Å². The molecule has 2 aliphatic rings. The number of likely N-dealkylation sites (tertiary alicyclic amines) is 1. The largest absolute Gasteiger partial charge is 0.461 e. The smallest absolute Gasteiger partial charge is 0.407 e. The lowest BCUT2D eigenvalue weighted by atomic mass is 9.90. The van der Waals surface area contributed by atoms with Gasteiger partial charge in [0, 0.05) is 89.9 Å². The van der Waals surface area contributed by atoms with Crippen LogP contribution in [0, 0.1) is 29.6 Å². The average Bonchev–Trinajstić information content (AvgIpc) is 1.18. The summed E-state index contributed by atoms with van der Waals surface area (Å²) >= 11 is 0. The number of alkyl carbamates (subject to hydrolysis) is 1. The molecular formula is C82H124N8O20. The number of ether oxygens (including phenoxy) is 7. The van der Waals surface area contributed by atoms with Crippen LogP contribution in [0.15, 0.2) is 77.9 Å². The topological polar surface area (TPSA) is 356 Å². The van der Waals surface area contributed by atoms with Gasteiger partial charge in [0.2, 0.25) is 41.2 Å². The Bertz CT molecular complexity index is 3400. The maximum Gasteiger partial charge on any atom is 0.407 e. The van der Waals surface area contributed by atoms with Gasteiger partial charge in [-0.1, -0.05) is 135 Å². The van der Waals surface area contributed by atoms with Gasteiger partial charge in [0.05, 0.1) is 39.0 Å². The maximum atomic E-state index is 14.4. The van der Waals surface area contributed by atoms with Crippen molar-refractivity contribution in [3.63, 3.8) is 0 Å². The second kappa shape index (κ2) is 49.5. The predicted octanol–water partition coefficient (Wildman–Crippen LogP) is 7.58. The first-order chi connectivity index (χ1) is 52.3. The Morgan fingerprint density at radius 1 is 0.691 bits per heavy atom. The number of allylic oxidation sites excluding steroid dienone is 1. The second-order valence-electron chi connectivity index (χ2n) is 29.6. The number of unbranched alkanes of at least 4 members (excludes halogenated alkanes) is 3. The van der Waals surface area contributed by atoms with Crippen LogP contribution in [0.25, 0.3) is 0 Å². The number of imide groups is 1. The lowest BCUT2D eigenvalue weighted by molar-refractivity contribution is -0.155. The lowest BCUT2D eigenvalue weighted by Gasteiger charge is -2.33. The Kier molecular flexibility index (Phi) is 42.2. The van der Waals surface area contributed by atoms with Crippen LogP contribution in [-0.4, -0.2) is 220 Å². The van der Waals surface area contributed by atoms with Gasteiger partial charge < -0.3 is 69.5 Å². The molecule has 28 nitrogen and oxygen atoms in total. The number of hydrogen-bond donors (Lipinski definition) is 5. The number of esters is 3. The van der Waals surface area contributed by atoms with E-state index in [0.717, 1.165) is 16.0 Å². The third-order valence-electron chi connectivity index (χ3n) is 19.6. The number of ketones is 2. The summed E-state index contributed by atoms with van der Waals surface area (Å²) in [7, 11) is 2.82. The van der Waals surface area contributed by atoms with Crippen molar-refractivity contribution in [1.29, 1.82) is 0 Å². The number of hydrogen-bond acceptors (Lipinski definition) is 21. The van der Waals surface area contributed by atoms with Gasteiger partial charge in [-0.25, -0.2) is 14.4 Å². The quantitative estimate of drug-likeness (QED) is 0.0108.